The molecule has 0 atom stereocenters. The van der Waals surface area contributed by atoms with Crippen LogP contribution >= 0.6 is 23.2 Å². The van der Waals surface area contributed by atoms with Crippen molar-refractivity contribution in [2.45, 2.75) is 6.92 Å². The van der Waals surface area contributed by atoms with Gasteiger partial charge in [-0.15, -0.1) is 0 Å². The van der Waals surface area contributed by atoms with Crippen LogP contribution in [0, 0.1) is 0 Å². The first-order valence-corrected chi connectivity index (χ1v) is 5.34. The first kappa shape index (κ1) is 12.1. The zero-order valence-electron chi connectivity index (χ0n) is 8.31. The summed E-state index contributed by atoms with van der Waals surface area (Å²) in [5, 5.41) is 6.68. The van der Waals surface area contributed by atoms with Crippen molar-refractivity contribution < 1.29 is 4.79 Å². The fourth-order valence-corrected chi connectivity index (χ4v) is 1.54. The maximum Gasteiger partial charge on any atom is 0.239 e. The van der Waals surface area contributed by atoms with Gasteiger partial charge >= 0.3 is 0 Å². The molecule has 0 aliphatic carbocycles. The molecule has 0 radical (unpaired) electrons. The Kier molecular flexibility index (Phi) is 4.72. The van der Waals surface area contributed by atoms with Crippen molar-refractivity contribution in [1.29, 1.82) is 0 Å². The van der Waals surface area contributed by atoms with Gasteiger partial charge in [-0.3, -0.25) is 4.79 Å². The Morgan fingerprint density at radius 3 is 2.73 bits per heavy atom. The standard InChI is InChI=1S/C10H12Cl2N2O/c1-2-13-10(15)6-14-9-4-3-7(11)5-8(9)12/h3-5,14H,2,6H2,1H3,(H,13,15). The van der Waals surface area contributed by atoms with Gasteiger partial charge in [0, 0.05) is 11.6 Å². The summed E-state index contributed by atoms with van der Waals surface area (Å²) < 4.78 is 0. The van der Waals surface area contributed by atoms with Crippen LogP contribution in [0.25, 0.3) is 0 Å². The second-order valence-electron chi connectivity index (χ2n) is 2.93. The van der Waals surface area contributed by atoms with Gasteiger partial charge < -0.3 is 10.6 Å². The minimum atomic E-state index is -0.0662. The highest BCUT2D eigenvalue weighted by Crippen LogP contribution is 2.24. The van der Waals surface area contributed by atoms with Crippen LogP contribution in [-0.4, -0.2) is 19.0 Å². The second kappa shape index (κ2) is 5.83. The molecule has 1 aromatic rings. The Hall–Kier alpha value is -0.930. The molecule has 1 rings (SSSR count). The highest BCUT2D eigenvalue weighted by Gasteiger charge is 2.03. The van der Waals surface area contributed by atoms with Gasteiger partial charge in [0.1, 0.15) is 0 Å². The molecule has 82 valence electrons. The highest BCUT2D eigenvalue weighted by molar-refractivity contribution is 6.36. The van der Waals surface area contributed by atoms with Crippen LogP contribution in [0.5, 0.6) is 0 Å². The van der Waals surface area contributed by atoms with Crippen molar-refractivity contribution in [1.82, 2.24) is 5.32 Å². The van der Waals surface area contributed by atoms with E-state index in [0.717, 1.165) is 0 Å². The van der Waals surface area contributed by atoms with Crippen molar-refractivity contribution in [3.63, 3.8) is 0 Å². The Morgan fingerprint density at radius 2 is 2.13 bits per heavy atom. The third-order valence-electron chi connectivity index (χ3n) is 1.74. The number of hydrogen-bond acceptors (Lipinski definition) is 2. The van der Waals surface area contributed by atoms with Gasteiger partial charge in [-0.2, -0.15) is 0 Å². The molecule has 1 amide bonds. The van der Waals surface area contributed by atoms with E-state index in [2.05, 4.69) is 10.6 Å². The maximum atomic E-state index is 11.2. The summed E-state index contributed by atoms with van der Waals surface area (Å²) >= 11 is 11.6. The number of amides is 1. The molecule has 0 spiro atoms. The molecule has 0 heterocycles. The van der Waals surface area contributed by atoms with E-state index >= 15 is 0 Å². The summed E-state index contributed by atoms with van der Waals surface area (Å²) in [6, 6.07) is 5.08. The van der Waals surface area contributed by atoms with Gasteiger partial charge in [0.25, 0.3) is 0 Å². The third kappa shape index (κ3) is 3.98. The number of anilines is 1. The van der Waals surface area contributed by atoms with E-state index in [1.54, 1.807) is 18.2 Å². The molecule has 0 saturated heterocycles. The molecule has 0 saturated carbocycles. The molecule has 0 aliphatic heterocycles. The maximum absolute atomic E-state index is 11.2. The average Bonchev–Trinajstić information content (AvgIpc) is 2.17. The lowest BCUT2D eigenvalue weighted by atomic mass is 10.3. The van der Waals surface area contributed by atoms with Crippen LogP contribution in [0.2, 0.25) is 10.0 Å². The molecule has 0 unspecified atom stereocenters. The van der Waals surface area contributed by atoms with Gasteiger partial charge in [0.2, 0.25) is 5.91 Å². The van der Waals surface area contributed by atoms with E-state index in [1.165, 1.54) is 0 Å². The van der Waals surface area contributed by atoms with Crippen LogP contribution < -0.4 is 10.6 Å². The molecule has 5 heteroatoms. The van der Waals surface area contributed by atoms with Crippen LogP contribution in [0.4, 0.5) is 5.69 Å². The van der Waals surface area contributed by atoms with Crippen molar-refractivity contribution in [3.05, 3.63) is 28.2 Å². The predicted octanol–water partition coefficient (Wildman–Crippen LogP) is 2.54. The minimum Gasteiger partial charge on any atom is -0.375 e. The number of rotatable bonds is 4. The first-order chi connectivity index (χ1) is 7.13. The number of benzene rings is 1. The Balaban J connectivity index is 2.54. The van der Waals surface area contributed by atoms with Gasteiger partial charge in [-0.1, -0.05) is 23.2 Å². The van der Waals surface area contributed by atoms with E-state index in [9.17, 15) is 4.79 Å². The Labute approximate surface area is 98.8 Å². The Bertz CT molecular complexity index is 355. The zero-order valence-corrected chi connectivity index (χ0v) is 9.82. The molecule has 0 bridgehead atoms. The van der Waals surface area contributed by atoms with Crippen molar-refractivity contribution in [2.24, 2.45) is 0 Å². The fourth-order valence-electron chi connectivity index (χ4n) is 1.07. The van der Waals surface area contributed by atoms with E-state index in [4.69, 9.17) is 23.2 Å². The second-order valence-corrected chi connectivity index (χ2v) is 3.77. The number of carbonyl (C=O) groups is 1. The lowest BCUT2D eigenvalue weighted by Crippen LogP contribution is -2.29. The van der Waals surface area contributed by atoms with Gasteiger partial charge in [-0.25, -0.2) is 0 Å². The number of carbonyl (C=O) groups excluding carboxylic acids is 1. The minimum absolute atomic E-state index is 0.0662. The van der Waals surface area contributed by atoms with E-state index in [0.29, 0.717) is 22.3 Å². The first-order valence-electron chi connectivity index (χ1n) is 4.59. The van der Waals surface area contributed by atoms with Gasteiger partial charge in [0.15, 0.2) is 0 Å². The lowest BCUT2D eigenvalue weighted by molar-refractivity contribution is -0.119. The van der Waals surface area contributed by atoms with Gasteiger partial charge in [-0.05, 0) is 25.1 Å². The Morgan fingerprint density at radius 1 is 1.40 bits per heavy atom. The molecule has 1 aromatic carbocycles. The SMILES string of the molecule is CCNC(=O)CNc1ccc(Cl)cc1Cl. The molecule has 3 nitrogen and oxygen atoms in total. The van der Waals surface area contributed by atoms with Crippen LogP contribution in [-0.2, 0) is 4.79 Å². The quantitative estimate of drug-likeness (QED) is 0.858. The van der Waals surface area contributed by atoms with Crippen molar-refractivity contribution in [3.8, 4) is 0 Å². The largest absolute Gasteiger partial charge is 0.375 e. The topological polar surface area (TPSA) is 41.1 Å². The number of hydrogen-bond donors (Lipinski definition) is 2. The number of likely N-dealkylation sites (N-methyl/N-ethyl adjacent to an activating group) is 1. The monoisotopic (exact) mass is 246 g/mol. The summed E-state index contributed by atoms with van der Waals surface area (Å²) in [6.07, 6.45) is 0. The van der Waals surface area contributed by atoms with Gasteiger partial charge in [0.05, 0.1) is 17.3 Å². The summed E-state index contributed by atoms with van der Waals surface area (Å²) in [5.41, 5.74) is 0.701. The molecule has 15 heavy (non-hydrogen) atoms. The predicted molar refractivity (Wildman–Crippen MR) is 63.6 cm³/mol. The van der Waals surface area contributed by atoms with Crippen molar-refractivity contribution in [2.75, 3.05) is 18.4 Å². The lowest BCUT2D eigenvalue weighted by Gasteiger charge is -2.08. The molecule has 0 fully saturated rings. The van der Waals surface area contributed by atoms with E-state index in [-0.39, 0.29) is 12.5 Å². The molecule has 0 aliphatic rings. The third-order valence-corrected chi connectivity index (χ3v) is 2.29. The van der Waals surface area contributed by atoms with Crippen molar-refractivity contribution >= 4 is 34.8 Å². The van der Waals surface area contributed by atoms with Crippen LogP contribution in [0.3, 0.4) is 0 Å². The highest BCUT2D eigenvalue weighted by atomic mass is 35.5. The summed E-state index contributed by atoms with van der Waals surface area (Å²) in [7, 11) is 0. The molecular weight excluding hydrogens is 235 g/mol. The van der Waals surface area contributed by atoms with Crippen LogP contribution in [0.1, 0.15) is 6.92 Å². The normalized spacial score (nSPS) is 9.80. The molecule has 2 N–H and O–H groups in total. The average molecular weight is 247 g/mol. The summed E-state index contributed by atoms with van der Waals surface area (Å²) in [4.78, 5) is 11.2. The van der Waals surface area contributed by atoms with Crippen LogP contribution in [0.15, 0.2) is 18.2 Å². The van der Waals surface area contributed by atoms with E-state index < -0.39 is 0 Å². The summed E-state index contributed by atoms with van der Waals surface area (Å²) in [5.74, 6) is -0.0662. The summed E-state index contributed by atoms with van der Waals surface area (Å²) in [6.45, 7) is 2.69. The van der Waals surface area contributed by atoms with E-state index in [1.807, 2.05) is 6.92 Å². The molecule has 0 aromatic heterocycles. The zero-order chi connectivity index (χ0) is 11.3. The molecular formula is C10H12Cl2N2O. The smallest absolute Gasteiger partial charge is 0.239 e. The fraction of sp³-hybridized carbons (Fsp3) is 0.300. The number of nitrogens with one attached hydrogen (secondary N) is 2. The number of halogens is 2.